The Bertz CT molecular complexity index is 415. The molecule has 1 aromatic carbocycles. The van der Waals surface area contributed by atoms with E-state index in [0.717, 1.165) is 12.8 Å². The average Bonchev–Trinajstić information content (AvgIpc) is 2.39. The van der Waals surface area contributed by atoms with Gasteiger partial charge in [-0.2, -0.15) is 0 Å². The summed E-state index contributed by atoms with van der Waals surface area (Å²) in [6.45, 7) is 2.70. The molecule has 0 aliphatic carbocycles. The van der Waals surface area contributed by atoms with Crippen molar-refractivity contribution in [2.24, 2.45) is 0 Å². The highest BCUT2D eigenvalue weighted by atomic mass is 32.2. The van der Waals surface area contributed by atoms with Gasteiger partial charge in [0.15, 0.2) is 0 Å². The summed E-state index contributed by atoms with van der Waals surface area (Å²) < 4.78 is 26.3. The smallest absolute Gasteiger partial charge is 0.211 e. The third-order valence-corrected chi connectivity index (χ3v) is 4.27. The average molecular weight is 268 g/mol. The van der Waals surface area contributed by atoms with Gasteiger partial charge in [0.2, 0.25) is 10.0 Å². The van der Waals surface area contributed by atoms with Gasteiger partial charge < -0.3 is 0 Å². The van der Waals surface area contributed by atoms with E-state index in [4.69, 9.17) is 0 Å². The summed E-state index contributed by atoms with van der Waals surface area (Å²) in [4.78, 5) is 0.288. The maximum absolute atomic E-state index is 11.8. The molecule has 1 aromatic rings. The second kappa shape index (κ2) is 8.27. The summed E-state index contributed by atoms with van der Waals surface area (Å²) in [6, 6.07) is 9.21. The molecule has 1 radical (unpaired) electrons. The van der Waals surface area contributed by atoms with Crippen LogP contribution in [0.4, 0.5) is 0 Å². The van der Waals surface area contributed by atoms with Gasteiger partial charge >= 0.3 is 0 Å². The van der Waals surface area contributed by atoms with Crippen LogP contribution >= 0.6 is 0 Å². The molecule has 3 nitrogen and oxygen atoms in total. The van der Waals surface area contributed by atoms with Crippen molar-refractivity contribution in [2.45, 2.75) is 50.3 Å². The highest BCUT2D eigenvalue weighted by molar-refractivity contribution is 7.89. The normalized spacial score (nSPS) is 11.6. The Labute approximate surface area is 111 Å². The van der Waals surface area contributed by atoms with Gasteiger partial charge in [-0.05, 0) is 24.6 Å². The third kappa shape index (κ3) is 5.65. The van der Waals surface area contributed by atoms with Crippen molar-refractivity contribution in [1.82, 2.24) is 4.72 Å². The molecule has 0 heterocycles. The van der Waals surface area contributed by atoms with Gasteiger partial charge in [-0.25, -0.2) is 13.1 Å². The fourth-order valence-electron chi connectivity index (χ4n) is 1.74. The number of hydrogen-bond donors (Lipinski definition) is 1. The molecule has 0 aromatic heterocycles. The van der Waals surface area contributed by atoms with Crippen LogP contribution in [0.5, 0.6) is 0 Å². The van der Waals surface area contributed by atoms with Crippen LogP contribution in [0.2, 0.25) is 0 Å². The quantitative estimate of drug-likeness (QED) is 0.699. The lowest BCUT2D eigenvalue weighted by molar-refractivity contribution is 0.567. The van der Waals surface area contributed by atoms with E-state index in [9.17, 15) is 8.42 Å². The van der Waals surface area contributed by atoms with Gasteiger partial charge in [0, 0.05) is 6.54 Å². The zero-order valence-corrected chi connectivity index (χ0v) is 11.8. The van der Waals surface area contributed by atoms with E-state index in [-0.39, 0.29) is 4.90 Å². The number of sulfonamides is 1. The molecule has 0 atom stereocenters. The molecule has 0 amide bonds. The first-order valence-electron chi connectivity index (χ1n) is 6.62. The fourth-order valence-corrected chi connectivity index (χ4v) is 2.80. The monoisotopic (exact) mass is 268 g/mol. The molecule has 0 aliphatic heterocycles. The zero-order chi connectivity index (χ0) is 13.3. The largest absolute Gasteiger partial charge is 0.240 e. The van der Waals surface area contributed by atoms with Gasteiger partial charge in [-0.1, -0.05) is 51.2 Å². The molecule has 4 heteroatoms. The molecule has 0 saturated heterocycles. The summed E-state index contributed by atoms with van der Waals surface area (Å²) in [5.41, 5.74) is 0. The molecule has 0 unspecified atom stereocenters. The predicted octanol–water partition coefficient (Wildman–Crippen LogP) is 3.13. The number of rotatable bonds is 9. The summed E-state index contributed by atoms with van der Waals surface area (Å²) in [5, 5.41) is 0. The molecule has 0 aliphatic rings. The van der Waals surface area contributed by atoms with Crippen LogP contribution in [0.1, 0.15) is 45.4 Å². The Morgan fingerprint density at radius 1 is 1.17 bits per heavy atom. The Morgan fingerprint density at radius 3 is 2.56 bits per heavy atom. The van der Waals surface area contributed by atoms with Crippen LogP contribution in [0.15, 0.2) is 29.2 Å². The van der Waals surface area contributed by atoms with Crippen LogP contribution in [0.25, 0.3) is 0 Å². The third-order valence-electron chi connectivity index (χ3n) is 2.81. The second-order valence-electron chi connectivity index (χ2n) is 4.40. The Balaban J connectivity index is 2.23. The van der Waals surface area contributed by atoms with E-state index < -0.39 is 10.0 Å². The van der Waals surface area contributed by atoms with E-state index >= 15 is 0 Å². The maximum Gasteiger partial charge on any atom is 0.240 e. The molecular formula is C14H22NO2S. The van der Waals surface area contributed by atoms with Gasteiger partial charge in [0.05, 0.1) is 4.90 Å². The van der Waals surface area contributed by atoms with Gasteiger partial charge in [-0.3, -0.25) is 0 Å². The van der Waals surface area contributed by atoms with E-state index in [1.165, 1.54) is 31.7 Å². The lowest BCUT2D eigenvalue weighted by atomic mass is 10.1. The van der Waals surface area contributed by atoms with Crippen LogP contribution in [0, 0.1) is 6.07 Å². The summed E-state index contributed by atoms with van der Waals surface area (Å²) in [6.07, 6.45) is 6.93. The SMILES string of the molecule is CCCCCCCCNS(=O)(=O)c1c[c]ccc1. The molecule has 1 N–H and O–H groups in total. The first kappa shape index (κ1) is 15.2. The van der Waals surface area contributed by atoms with Crippen LogP contribution in [-0.4, -0.2) is 15.0 Å². The van der Waals surface area contributed by atoms with E-state index in [1.54, 1.807) is 18.2 Å². The molecule has 1 rings (SSSR count). The first-order chi connectivity index (χ1) is 8.67. The number of benzene rings is 1. The Hall–Kier alpha value is -0.870. The van der Waals surface area contributed by atoms with E-state index in [0.29, 0.717) is 6.54 Å². The van der Waals surface area contributed by atoms with Gasteiger partial charge in [-0.15, -0.1) is 0 Å². The van der Waals surface area contributed by atoms with Crippen LogP contribution < -0.4 is 4.72 Å². The van der Waals surface area contributed by atoms with Crippen molar-refractivity contribution in [2.75, 3.05) is 6.54 Å². The Kier molecular flexibility index (Phi) is 6.98. The number of hydrogen-bond acceptors (Lipinski definition) is 2. The summed E-state index contributed by atoms with van der Waals surface area (Å²) in [5.74, 6) is 0. The minimum absolute atomic E-state index is 0.288. The molecule has 101 valence electrons. The molecule has 18 heavy (non-hydrogen) atoms. The molecule has 0 saturated carbocycles. The lowest BCUT2D eigenvalue weighted by Crippen LogP contribution is -2.24. The lowest BCUT2D eigenvalue weighted by Gasteiger charge is -2.06. The van der Waals surface area contributed by atoms with Crippen molar-refractivity contribution in [3.8, 4) is 0 Å². The first-order valence-corrected chi connectivity index (χ1v) is 8.11. The number of nitrogens with one attached hydrogen (secondary N) is 1. The van der Waals surface area contributed by atoms with E-state index in [1.807, 2.05) is 0 Å². The van der Waals surface area contributed by atoms with Gasteiger partial charge in [0.1, 0.15) is 0 Å². The van der Waals surface area contributed by atoms with Crippen LogP contribution in [0.3, 0.4) is 0 Å². The minimum Gasteiger partial charge on any atom is -0.211 e. The molecule has 0 fully saturated rings. The predicted molar refractivity (Wildman–Crippen MR) is 73.8 cm³/mol. The van der Waals surface area contributed by atoms with Gasteiger partial charge in [0.25, 0.3) is 0 Å². The fraction of sp³-hybridized carbons (Fsp3) is 0.571. The second-order valence-corrected chi connectivity index (χ2v) is 6.17. The maximum atomic E-state index is 11.8. The summed E-state index contributed by atoms with van der Waals surface area (Å²) in [7, 11) is -3.34. The number of unbranched alkanes of at least 4 members (excludes halogenated alkanes) is 5. The van der Waals surface area contributed by atoms with Crippen molar-refractivity contribution >= 4 is 10.0 Å². The Morgan fingerprint density at radius 2 is 1.89 bits per heavy atom. The van der Waals surface area contributed by atoms with Crippen molar-refractivity contribution < 1.29 is 8.42 Å². The highest BCUT2D eigenvalue weighted by Crippen LogP contribution is 2.08. The molecular weight excluding hydrogens is 246 g/mol. The van der Waals surface area contributed by atoms with Crippen molar-refractivity contribution in [3.63, 3.8) is 0 Å². The topological polar surface area (TPSA) is 46.2 Å². The summed E-state index contributed by atoms with van der Waals surface area (Å²) >= 11 is 0. The van der Waals surface area contributed by atoms with Crippen LogP contribution in [-0.2, 0) is 10.0 Å². The minimum atomic E-state index is -3.34. The molecule has 0 bridgehead atoms. The van der Waals surface area contributed by atoms with E-state index in [2.05, 4.69) is 17.7 Å². The highest BCUT2D eigenvalue weighted by Gasteiger charge is 2.11. The standard InChI is InChI=1S/C14H22NO2S/c1-2-3-4-5-6-10-13-15-18(16,17)14-11-8-7-9-12-14/h7-8,11-12,15H,2-6,10,13H2,1H3. The molecule has 0 spiro atoms. The zero-order valence-electron chi connectivity index (χ0n) is 11.0. The van der Waals surface area contributed by atoms with Crippen molar-refractivity contribution in [3.05, 3.63) is 30.3 Å². The van der Waals surface area contributed by atoms with Crippen molar-refractivity contribution in [1.29, 1.82) is 0 Å².